The fourth-order valence-electron chi connectivity index (χ4n) is 5.32. The Kier molecular flexibility index (Phi) is 2.53. The van der Waals surface area contributed by atoms with Crippen LogP contribution in [0.1, 0.15) is 47.5 Å². The number of nitrogens with two attached hydrogens (primary N) is 1. The van der Waals surface area contributed by atoms with E-state index in [1.807, 2.05) is 0 Å². The average molecular weight is 250 g/mol. The molecule has 0 aromatic rings. The van der Waals surface area contributed by atoms with Crippen molar-refractivity contribution in [1.82, 2.24) is 4.90 Å². The van der Waals surface area contributed by atoms with Gasteiger partial charge in [-0.05, 0) is 63.3 Å². The Morgan fingerprint density at radius 2 is 1.83 bits per heavy atom. The van der Waals surface area contributed by atoms with Crippen LogP contribution in [-0.2, 0) is 0 Å². The van der Waals surface area contributed by atoms with Gasteiger partial charge in [-0.1, -0.05) is 13.8 Å². The Morgan fingerprint density at radius 3 is 2.33 bits per heavy atom. The summed E-state index contributed by atoms with van der Waals surface area (Å²) in [6.07, 6.45) is 2.87. The molecule has 2 N–H and O–H groups in total. The molecular weight excluding hydrogens is 220 g/mol. The highest BCUT2D eigenvalue weighted by molar-refractivity contribution is 5.17. The van der Waals surface area contributed by atoms with E-state index in [-0.39, 0.29) is 0 Å². The third-order valence-corrected chi connectivity index (χ3v) is 6.80. The van der Waals surface area contributed by atoms with E-state index < -0.39 is 0 Å². The Balaban J connectivity index is 1.91. The van der Waals surface area contributed by atoms with Gasteiger partial charge in [-0.15, -0.1) is 0 Å². The van der Waals surface area contributed by atoms with Gasteiger partial charge in [-0.2, -0.15) is 0 Å². The van der Waals surface area contributed by atoms with Crippen molar-refractivity contribution in [3.05, 3.63) is 0 Å². The summed E-state index contributed by atoms with van der Waals surface area (Å²) in [7, 11) is 0. The summed E-state index contributed by atoms with van der Waals surface area (Å²) in [5, 5.41) is 0. The molecule has 3 aliphatic carbocycles. The number of likely N-dealkylation sites (tertiary alicyclic amines) is 1. The number of nitrogens with zero attached hydrogens (tertiary/aromatic N) is 1. The van der Waals surface area contributed by atoms with Crippen LogP contribution in [0, 0.1) is 28.6 Å². The summed E-state index contributed by atoms with van der Waals surface area (Å²) in [6.45, 7) is 15.4. The maximum absolute atomic E-state index is 6.29. The summed E-state index contributed by atoms with van der Waals surface area (Å²) in [4.78, 5) is 2.70. The second-order valence-electron chi connectivity index (χ2n) is 8.73. The minimum atomic E-state index is 0.300. The fraction of sp³-hybridized carbons (Fsp3) is 1.00. The van der Waals surface area contributed by atoms with Crippen molar-refractivity contribution >= 4 is 0 Å². The zero-order chi connectivity index (χ0) is 13.3. The van der Waals surface area contributed by atoms with Crippen molar-refractivity contribution in [3.8, 4) is 0 Å². The summed E-state index contributed by atoms with van der Waals surface area (Å²) < 4.78 is 0. The van der Waals surface area contributed by atoms with Gasteiger partial charge < -0.3 is 5.73 Å². The van der Waals surface area contributed by atoms with Crippen LogP contribution in [0.15, 0.2) is 0 Å². The van der Waals surface area contributed by atoms with E-state index in [1.54, 1.807) is 0 Å². The van der Waals surface area contributed by atoms with Gasteiger partial charge in [-0.3, -0.25) is 4.90 Å². The Morgan fingerprint density at radius 1 is 1.17 bits per heavy atom. The molecular formula is C16H30N2. The number of rotatable bonds is 1. The van der Waals surface area contributed by atoms with Gasteiger partial charge in [0, 0.05) is 24.0 Å². The molecule has 104 valence electrons. The lowest BCUT2D eigenvalue weighted by Crippen LogP contribution is -2.64. The zero-order valence-corrected chi connectivity index (χ0v) is 12.8. The maximum atomic E-state index is 6.29. The van der Waals surface area contributed by atoms with E-state index in [1.165, 1.54) is 25.9 Å². The first-order valence-electron chi connectivity index (χ1n) is 7.67. The summed E-state index contributed by atoms with van der Waals surface area (Å²) in [5.41, 5.74) is 7.56. The fourth-order valence-corrected chi connectivity index (χ4v) is 5.32. The molecule has 4 aliphatic rings. The van der Waals surface area contributed by atoms with E-state index >= 15 is 0 Å². The lowest BCUT2D eigenvalue weighted by atomic mass is 9.38. The summed E-state index contributed by atoms with van der Waals surface area (Å²) >= 11 is 0. The monoisotopic (exact) mass is 250 g/mol. The molecule has 3 saturated carbocycles. The van der Waals surface area contributed by atoms with Crippen molar-refractivity contribution in [2.75, 3.05) is 19.6 Å². The lowest BCUT2D eigenvalue weighted by molar-refractivity contribution is -0.169. The third kappa shape index (κ3) is 1.42. The van der Waals surface area contributed by atoms with Crippen molar-refractivity contribution in [2.24, 2.45) is 34.3 Å². The molecule has 0 amide bonds. The average Bonchev–Trinajstić information content (AvgIpc) is 2.67. The summed E-state index contributed by atoms with van der Waals surface area (Å²) in [5.74, 6) is 2.69. The van der Waals surface area contributed by atoms with E-state index in [0.29, 0.717) is 16.4 Å². The second kappa shape index (κ2) is 3.52. The van der Waals surface area contributed by atoms with Crippen molar-refractivity contribution in [2.45, 2.75) is 53.0 Å². The van der Waals surface area contributed by atoms with E-state index in [0.717, 1.165) is 24.3 Å². The SMILES string of the molecule is CC1(C)C2CC3CN(C(C)(C)C)CC3(CN)C1C2. The highest BCUT2D eigenvalue weighted by Crippen LogP contribution is 2.69. The van der Waals surface area contributed by atoms with E-state index in [9.17, 15) is 0 Å². The van der Waals surface area contributed by atoms with Gasteiger partial charge in [0.05, 0.1) is 0 Å². The molecule has 1 aliphatic heterocycles. The lowest BCUT2D eigenvalue weighted by Gasteiger charge is -2.66. The highest BCUT2D eigenvalue weighted by atomic mass is 15.2. The van der Waals surface area contributed by atoms with Gasteiger partial charge in [0.2, 0.25) is 0 Å². The second-order valence-corrected chi connectivity index (χ2v) is 8.73. The van der Waals surface area contributed by atoms with Crippen molar-refractivity contribution in [3.63, 3.8) is 0 Å². The first-order valence-corrected chi connectivity index (χ1v) is 7.67. The molecule has 4 fully saturated rings. The van der Waals surface area contributed by atoms with Crippen LogP contribution in [0.3, 0.4) is 0 Å². The van der Waals surface area contributed by atoms with Crippen LogP contribution in [0.4, 0.5) is 0 Å². The smallest absolute Gasteiger partial charge is 0.0125 e. The third-order valence-electron chi connectivity index (χ3n) is 6.80. The maximum Gasteiger partial charge on any atom is 0.0125 e. The Bertz CT molecular complexity index is 355. The Labute approximate surface area is 112 Å². The summed E-state index contributed by atoms with van der Waals surface area (Å²) in [6, 6.07) is 0. The predicted molar refractivity (Wildman–Crippen MR) is 76.3 cm³/mol. The van der Waals surface area contributed by atoms with Crippen LogP contribution in [0.2, 0.25) is 0 Å². The molecule has 4 rings (SSSR count). The van der Waals surface area contributed by atoms with Gasteiger partial charge in [0.25, 0.3) is 0 Å². The molecule has 2 heteroatoms. The standard InChI is InChI=1S/C16H30N2/c1-14(2,3)18-8-12-6-11-7-13(15(11,4)5)16(12,9-17)10-18/h11-13H,6-10,17H2,1-5H3. The molecule has 0 radical (unpaired) electrons. The largest absolute Gasteiger partial charge is 0.330 e. The molecule has 1 heterocycles. The molecule has 4 atom stereocenters. The molecule has 0 aromatic heterocycles. The van der Waals surface area contributed by atoms with E-state index in [2.05, 4.69) is 39.5 Å². The number of hydrogen-bond donors (Lipinski definition) is 1. The van der Waals surface area contributed by atoms with Gasteiger partial charge in [0.1, 0.15) is 0 Å². The molecule has 2 nitrogen and oxygen atoms in total. The van der Waals surface area contributed by atoms with Gasteiger partial charge in [-0.25, -0.2) is 0 Å². The van der Waals surface area contributed by atoms with Crippen LogP contribution < -0.4 is 5.73 Å². The first kappa shape index (κ1) is 12.9. The van der Waals surface area contributed by atoms with Crippen LogP contribution in [0.5, 0.6) is 0 Å². The van der Waals surface area contributed by atoms with E-state index in [4.69, 9.17) is 5.73 Å². The first-order chi connectivity index (χ1) is 8.22. The molecule has 0 aromatic carbocycles. The Hall–Kier alpha value is -0.0800. The zero-order valence-electron chi connectivity index (χ0n) is 12.8. The van der Waals surface area contributed by atoms with Crippen molar-refractivity contribution < 1.29 is 0 Å². The highest BCUT2D eigenvalue weighted by Gasteiger charge is 2.66. The van der Waals surface area contributed by atoms with Gasteiger partial charge >= 0.3 is 0 Å². The predicted octanol–water partition coefficient (Wildman–Crippen LogP) is 2.73. The molecule has 1 saturated heterocycles. The van der Waals surface area contributed by atoms with Gasteiger partial charge in [0.15, 0.2) is 0 Å². The van der Waals surface area contributed by atoms with Crippen LogP contribution in [0.25, 0.3) is 0 Å². The molecule has 2 bridgehead atoms. The molecule has 4 unspecified atom stereocenters. The topological polar surface area (TPSA) is 29.3 Å². The quantitative estimate of drug-likeness (QED) is 0.775. The van der Waals surface area contributed by atoms with Crippen LogP contribution >= 0.6 is 0 Å². The number of hydrogen-bond acceptors (Lipinski definition) is 2. The molecule has 0 spiro atoms. The minimum Gasteiger partial charge on any atom is -0.330 e. The normalized spacial score (nSPS) is 46.7. The minimum absolute atomic E-state index is 0.300. The van der Waals surface area contributed by atoms with Crippen molar-refractivity contribution in [1.29, 1.82) is 0 Å². The molecule has 18 heavy (non-hydrogen) atoms. The van der Waals surface area contributed by atoms with Crippen LogP contribution in [-0.4, -0.2) is 30.1 Å².